The number of alkyl carbamates (subject to hydrolysis) is 1. The van der Waals surface area contributed by atoms with Crippen LogP contribution < -0.4 is 10.6 Å². The summed E-state index contributed by atoms with van der Waals surface area (Å²) >= 11 is 0. The van der Waals surface area contributed by atoms with Crippen LogP contribution in [0, 0.1) is 0 Å². The first-order chi connectivity index (χ1) is 10.5. The van der Waals surface area contributed by atoms with E-state index in [4.69, 9.17) is 4.74 Å². The van der Waals surface area contributed by atoms with E-state index in [2.05, 4.69) is 21.7 Å². The van der Waals surface area contributed by atoms with Crippen LogP contribution in [0.1, 0.15) is 27.2 Å². The third-order valence-electron chi connectivity index (χ3n) is 3.02. The van der Waals surface area contributed by atoms with E-state index < -0.39 is 5.60 Å². The van der Waals surface area contributed by atoms with Crippen molar-refractivity contribution in [2.24, 2.45) is 0 Å². The molecular formula is C17H23N3O2. The number of amides is 1. The summed E-state index contributed by atoms with van der Waals surface area (Å²) < 4.78 is 5.18. The van der Waals surface area contributed by atoms with Gasteiger partial charge in [0.05, 0.1) is 0 Å². The zero-order chi connectivity index (χ0) is 16.0. The minimum absolute atomic E-state index is 0.373. The molecule has 0 bridgehead atoms. The molecule has 1 heterocycles. The lowest BCUT2D eigenvalue weighted by molar-refractivity contribution is 0.0528. The van der Waals surface area contributed by atoms with Crippen LogP contribution in [0.5, 0.6) is 0 Å². The molecule has 0 aliphatic heterocycles. The van der Waals surface area contributed by atoms with Gasteiger partial charge in [0.15, 0.2) is 0 Å². The van der Waals surface area contributed by atoms with E-state index in [1.54, 1.807) is 6.20 Å². The summed E-state index contributed by atoms with van der Waals surface area (Å²) in [4.78, 5) is 15.7. The van der Waals surface area contributed by atoms with E-state index in [0.717, 1.165) is 29.4 Å². The molecule has 1 amide bonds. The van der Waals surface area contributed by atoms with Crippen molar-refractivity contribution in [3.63, 3.8) is 0 Å². The van der Waals surface area contributed by atoms with E-state index in [9.17, 15) is 4.79 Å². The molecule has 0 unspecified atom stereocenters. The number of nitrogens with zero attached hydrogens (tertiary/aromatic N) is 1. The van der Waals surface area contributed by atoms with Crippen LogP contribution in [0.15, 0.2) is 36.7 Å². The molecule has 1 aromatic carbocycles. The smallest absolute Gasteiger partial charge is 0.407 e. The van der Waals surface area contributed by atoms with Crippen LogP contribution in [0.4, 0.5) is 10.5 Å². The molecule has 5 heteroatoms. The Morgan fingerprint density at radius 1 is 1.23 bits per heavy atom. The number of rotatable bonds is 5. The molecule has 5 nitrogen and oxygen atoms in total. The SMILES string of the molecule is CC(C)(C)OC(=O)NCCCNc1cccc2ccncc12. The third-order valence-corrected chi connectivity index (χ3v) is 3.02. The Hall–Kier alpha value is -2.30. The normalized spacial score (nSPS) is 11.2. The number of nitrogens with one attached hydrogen (secondary N) is 2. The summed E-state index contributed by atoms with van der Waals surface area (Å²) in [5, 5.41) is 8.39. The number of carbonyl (C=O) groups is 1. The first kappa shape index (κ1) is 16.1. The molecule has 0 atom stereocenters. The molecule has 0 radical (unpaired) electrons. The Kier molecular flexibility index (Phi) is 5.20. The van der Waals surface area contributed by atoms with E-state index in [-0.39, 0.29) is 6.09 Å². The molecule has 2 aromatic rings. The number of hydrogen-bond donors (Lipinski definition) is 2. The van der Waals surface area contributed by atoms with Crippen LogP contribution in [0.25, 0.3) is 10.8 Å². The summed E-state index contributed by atoms with van der Waals surface area (Å²) in [5.74, 6) is 0. The van der Waals surface area contributed by atoms with Gasteiger partial charge in [-0.1, -0.05) is 12.1 Å². The molecule has 2 N–H and O–H groups in total. The second kappa shape index (κ2) is 7.11. The lowest BCUT2D eigenvalue weighted by Gasteiger charge is -2.19. The highest BCUT2D eigenvalue weighted by Crippen LogP contribution is 2.21. The Morgan fingerprint density at radius 3 is 2.82 bits per heavy atom. The number of benzene rings is 1. The van der Waals surface area contributed by atoms with Crippen molar-refractivity contribution in [1.29, 1.82) is 0 Å². The third kappa shape index (κ3) is 4.91. The Labute approximate surface area is 131 Å². The monoisotopic (exact) mass is 301 g/mol. The molecule has 118 valence electrons. The van der Waals surface area contributed by atoms with Gasteiger partial charge in [-0.25, -0.2) is 4.79 Å². The number of ether oxygens (including phenoxy) is 1. The highest BCUT2D eigenvalue weighted by Gasteiger charge is 2.15. The minimum Gasteiger partial charge on any atom is -0.444 e. The van der Waals surface area contributed by atoms with Crippen molar-refractivity contribution >= 4 is 22.6 Å². The van der Waals surface area contributed by atoms with E-state index in [1.165, 1.54) is 0 Å². The van der Waals surface area contributed by atoms with Gasteiger partial charge < -0.3 is 15.4 Å². The van der Waals surface area contributed by atoms with Crippen LogP contribution in [-0.2, 0) is 4.74 Å². The van der Waals surface area contributed by atoms with Crippen molar-refractivity contribution in [2.75, 3.05) is 18.4 Å². The molecule has 0 saturated carbocycles. The van der Waals surface area contributed by atoms with Gasteiger partial charge in [-0.3, -0.25) is 4.98 Å². The van der Waals surface area contributed by atoms with Gasteiger partial charge in [-0.05, 0) is 44.7 Å². The average molecular weight is 301 g/mol. The maximum Gasteiger partial charge on any atom is 0.407 e. The number of pyridine rings is 1. The maximum atomic E-state index is 11.5. The average Bonchev–Trinajstić information content (AvgIpc) is 2.45. The molecular weight excluding hydrogens is 278 g/mol. The Bertz CT molecular complexity index is 630. The molecule has 0 aliphatic rings. The van der Waals surface area contributed by atoms with E-state index >= 15 is 0 Å². The second-order valence-electron chi connectivity index (χ2n) is 6.11. The van der Waals surface area contributed by atoms with Gasteiger partial charge in [0.2, 0.25) is 0 Å². The minimum atomic E-state index is -0.460. The topological polar surface area (TPSA) is 63.2 Å². The first-order valence-corrected chi connectivity index (χ1v) is 7.49. The Morgan fingerprint density at radius 2 is 2.05 bits per heavy atom. The highest BCUT2D eigenvalue weighted by atomic mass is 16.6. The predicted molar refractivity (Wildman–Crippen MR) is 89.1 cm³/mol. The van der Waals surface area contributed by atoms with Gasteiger partial charge in [-0.15, -0.1) is 0 Å². The standard InChI is InChI=1S/C17H23N3O2/c1-17(2,3)22-16(21)20-10-5-9-19-15-7-4-6-13-8-11-18-12-14(13)15/h4,6-8,11-12,19H,5,9-10H2,1-3H3,(H,20,21). The fraction of sp³-hybridized carbons (Fsp3) is 0.412. The molecule has 0 saturated heterocycles. The first-order valence-electron chi connectivity index (χ1n) is 7.49. The summed E-state index contributed by atoms with van der Waals surface area (Å²) in [6, 6.07) is 8.10. The predicted octanol–water partition coefficient (Wildman–Crippen LogP) is 3.56. The van der Waals surface area contributed by atoms with Crippen LogP contribution in [0.3, 0.4) is 0 Å². The van der Waals surface area contributed by atoms with Gasteiger partial charge >= 0.3 is 6.09 Å². The van der Waals surface area contributed by atoms with Gasteiger partial charge in [0.25, 0.3) is 0 Å². The molecule has 2 rings (SSSR count). The van der Waals surface area contributed by atoms with Gasteiger partial charge in [0, 0.05) is 36.6 Å². The quantitative estimate of drug-likeness (QED) is 0.829. The number of aromatic nitrogens is 1. The van der Waals surface area contributed by atoms with Crippen molar-refractivity contribution < 1.29 is 9.53 Å². The van der Waals surface area contributed by atoms with Crippen molar-refractivity contribution in [1.82, 2.24) is 10.3 Å². The Balaban J connectivity index is 1.76. The summed E-state index contributed by atoms with van der Waals surface area (Å²) in [5.41, 5.74) is 0.598. The molecule has 0 spiro atoms. The lowest BCUT2D eigenvalue weighted by atomic mass is 10.1. The van der Waals surface area contributed by atoms with Gasteiger partial charge in [0.1, 0.15) is 5.60 Å². The fourth-order valence-electron chi connectivity index (χ4n) is 2.08. The van der Waals surface area contributed by atoms with Crippen molar-refractivity contribution in [3.8, 4) is 0 Å². The van der Waals surface area contributed by atoms with Gasteiger partial charge in [-0.2, -0.15) is 0 Å². The van der Waals surface area contributed by atoms with Crippen molar-refractivity contribution in [3.05, 3.63) is 36.7 Å². The van der Waals surface area contributed by atoms with Crippen LogP contribution in [0.2, 0.25) is 0 Å². The molecule has 0 fully saturated rings. The second-order valence-corrected chi connectivity index (χ2v) is 6.11. The number of carbonyl (C=O) groups excluding carboxylic acids is 1. The van der Waals surface area contributed by atoms with Crippen LogP contribution >= 0.6 is 0 Å². The molecule has 1 aromatic heterocycles. The van der Waals surface area contributed by atoms with E-state index in [1.807, 2.05) is 45.2 Å². The summed E-state index contributed by atoms with van der Waals surface area (Å²) in [7, 11) is 0. The largest absolute Gasteiger partial charge is 0.444 e. The lowest BCUT2D eigenvalue weighted by Crippen LogP contribution is -2.33. The fourth-order valence-corrected chi connectivity index (χ4v) is 2.08. The van der Waals surface area contributed by atoms with Crippen molar-refractivity contribution in [2.45, 2.75) is 32.8 Å². The summed E-state index contributed by atoms with van der Waals surface area (Å²) in [6.07, 6.45) is 4.09. The summed E-state index contributed by atoms with van der Waals surface area (Å²) in [6.45, 7) is 6.89. The molecule has 22 heavy (non-hydrogen) atoms. The number of anilines is 1. The number of fused-ring (bicyclic) bond motifs is 1. The highest BCUT2D eigenvalue weighted by molar-refractivity contribution is 5.93. The maximum absolute atomic E-state index is 11.5. The zero-order valence-electron chi connectivity index (χ0n) is 13.3. The van der Waals surface area contributed by atoms with E-state index in [0.29, 0.717) is 6.54 Å². The number of hydrogen-bond acceptors (Lipinski definition) is 4. The molecule has 0 aliphatic carbocycles. The van der Waals surface area contributed by atoms with Crippen LogP contribution in [-0.4, -0.2) is 29.8 Å². The zero-order valence-corrected chi connectivity index (χ0v) is 13.3.